The number of carbonyl (C=O) groups is 3. The van der Waals surface area contributed by atoms with Gasteiger partial charge < -0.3 is 15.4 Å². The molecule has 0 bridgehead atoms. The Hall–Kier alpha value is -3.71. The van der Waals surface area contributed by atoms with Gasteiger partial charge in [-0.25, -0.2) is 4.79 Å². The third kappa shape index (κ3) is 6.39. The van der Waals surface area contributed by atoms with Gasteiger partial charge in [-0.1, -0.05) is 52.3 Å². The van der Waals surface area contributed by atoms with Crippen LogP contribution in [-0.2, 0) is 9.53 Å². The zero-order valence-electron chi connectivity index (χ0n) is 17.3. The van der Waals surface area contributed by atoms with Gasteiger partial charge in [0.1, 0.15) is 5.70 Å². The monoisotopic (exact) mass is 492 g/mol. The van der Waals surface area contributed by atoms with E-state index in [1.54, 1.807) is 55.5 Å². The summed E-state index contributed by atoms with van der Waals surface area (Å²) >= 11 is 3.34. The summed E-state index contributed by atoms with van der Waals surface area (Å²) in [5, 5.41) is 5.44. The van der Waals surface area contributed by atoms with Gasteiger partial charge in [0.25, 0.3) is 11.8 Å². The molecule has 0 atom stereocenters. The Labute approximate surface area is 194 Å². The number of hydrogen-bond donors (Lipinski definition) is 2. The lowest BCUT2D eigenvalue weighted by Gasteiger charge is -2.12. The molecule has 0 heterocycles. The molecule has 0 saturated carbocycles. The predicted molar refractivity (Wildman–Crippen MR) is 127 cm³/mol. The van der Waals surface area contributed by atoms with Crippen molar-refractivity contribution >= 4 is 45.5 Å². The van der Waals surface area contributed by atoms with Gasteiger partial charge in [0, 0.05) is 15.7 Å². The fourth-order valence-corrected chi connectivity index (χ4v) is 3.20. The van der Waals surface area contributed by atoms with Gasteiger partial charge in [-0.2, -0.15) is 0 Å². The molecular weight excluding hydrogens is 472 g/mol. The highest BCUT2D eigenvalue weighted by Crippen LogP contribution is 2.15. The maximum atomic E-state index is 13.0. The lowest BCUT2D eigenvalue weighted by atomic mass is 10.1. The Morgan fingerprint density at radius 2 is 1.62 bits per heavy atom. The summed E-state index contributed by atoms with van der Waals surface area (Å²) in [7, 11) is 0. The van der Waals surface area contributed by atoms with E-state index < -0.39 is 17.8 Å². The molecule has 0 radical (unpaired) electrons. The summed E-state index contributed by atoms with van der Waals surface area (Å²) in [5.74, 6) is -1.35. The van der Waals surface area contributed by atoms with Crippen molar-refractivity contribution in [2.75, 3.05) is 11.9 Å². The van der Waals surface area contributed by atoms with Crippen LogP contribution in [0.3, 0.4) is 0 Å². The Balaban J connectivity index is 1.81. The van der Waals surface area contributed by atoms with Crippen LogP contribution in [0.4, 0.5) is 5.69 Å². The van der Waals surface area contributed by atoms with Crippen molar-refractivity contribution in [2.24, 2.45) is 0 Å². The molecular formula is C25H21BrN2O4. The molecule has 0 aromatic heterocycles. The molecule has 0 fully saturated rings. The minimum atomic E-state index is -0.499. The quantitative estimate of drug-likeness (QED) is 0.357. The summed E-state index contributed by atoms with van der Waals surface area (Å²) in [6.07, 6.45) is 1.60. The van der Waals surface area contributed by atoms with E-state index in [1.807, 2.05) is 36.4 Å². The van der Waals surface area contributed by atoms with Crippen molar-refractivity contribution in [3.05, 3.63) is 106 Å². The van der Waals surface area contributed by atoms with E-state index in [1.165, 1.54) is 0 Å². The average molecular weight is 493 g/mol. The summed E-state index contributed by atoms with van der Waals surface area (Å²) in [4.78, 5) is 37.5. The van der Waals surface area contributed by atoms with Gasteiger partial charge in [0.15, 0.2) is 0 Å². The molecule has 2 amide bonds. The first-order chi connectivity index (χ1) is 15.5. The number of esters is 1. The topological polar surface area (TPSA) is 84.5 Å². The molecule has 2 N–H and O–H groups in total. The first kappa shape index (κ1) is 23.0. The van der Waals surface area contributed by atoms with Crippen LogP contribution < -0.4 is 10.6 Å². The normalized spacial score (nSPS) is 10.9. The number of hydrogen-bond acceptors (Lipinski definition) is 4. The van der Waals surface area contributed by atoms with Crippen molar-refractivity contribution in [1.82, 2.24) is 5.32 Å². The molecule has 0 aliphatic heterocycles. The lowest BCUT2D eigenvalue weighted by molar-refractivity contribution is -0.113. The van der Waals surface area contributed by atoms with Crippen LogP contribution in [0.2, 0.25) is 0 Å². The van der Waals surface area contributed by atoms with Crippen molar-refractivity contribution in [1.29, 1.82) is 0 Å². The van der Waals surface area contributed by atoms with Gasteiger partial charge >= 0.3 is 5.97 Å². The molecule has 3 aromatic carbocycles. The molecule has 0 aliphatic rings. The average Bonchev–Trinajstić information content (AvgIpc) is 2.80. The first-order valence-corrected chi connectivity index (χ1v) is 10.7. The molecule has 3 aromatic rings. The largest absolute Gasteiger partial charge is 0.462 e. The molecule has 162 valence electrons. The molecule has 0 saturated heterocycles. The Morgan fingerprint density at radius 1 is 0.906 bits per heavy atom. The summed E-state index contributed by atoms with van der Waals surface area (Å²) < 4.78 is 5.72. The first-order valence-electron chi connectivity index (χ1n) is 9.88. The van der Waals surface area contributed by atoms with E-state index in [4.69, 9.17) is 4.74 Å². The maximum Gasteiger partial charge on any atom is 0.338 e. The van der Waals surface area contributed by atoms with E-state index >= 15 is 0 Å². The Bertz CT molecular complexity index is 1140. The van der Waals surface area contributed by atoms with Gasteiger partial charge in [-0.15, -0.1) is 0 Å². The highest BCUT2D eigenvalue weighted by molar-refractivity contribution is 9.10. The molecule has 0 aliphatic carbocycles. The summed E-state index contributed by atoms with van der Waals surface area (Å²) in [6, 6.07) is 22.4. The van der Waals surface area contributed by atoms with Gasteiger partial charge in [0.05, 0.1) is 12.2 Å². The van der Waals surface area contributed by atoms with Gasteiger partial charge in [0.2, 0.25) is 0 Å². The number of amides is 2. The highest BCUT2D eigenvalue weighted by Gasteiger charge is 2.16. The van der Waals surface area contributed by atoms with E-state index in [9.17, 15) is 14.4 Å². The number of anilines is 1. The number of benzene rings is 3. The Morgan fingerprint density at radius 3 is 2.28 bits per heavy atom. The van der Waals surface area contributed by atoms with E-state index in [0.717, 1.165) is 10.0 Å². The second-order valence-corrected chi connectivity index (χ2v) is 7.60. The van der Waals surface area contributed by atoms with Crippen LogP contribution >= 0.6 is 15.9 Å². The number of nitrogens with one attached hydrogen (secondary N) is 2. The number of halogens is 1. The van der Waals surface area contributed by atoms with Crippen LogP contribution in [0.5, 0.6) is 0 Å². The minimum absolute atomic E-state index is 0.0793. The second kappa shape index (κ2) is 11.1. The van der Waals surface area contributed by atoms with Crippen molar-refractivity contribution in [2.45, 2.75) is 6.92 Å². The molecule has 0 spiro atoms. The van der Waals surface area contributed by atoms with Crippen LogP contribution in [0.25, 0.3) is 6.08 Å². The van der Waals surface area contributed by atoms with Crippen molar-refractivity contribution in [3.63, 3.8) is 0 Å². The Kier molecular flexibility index (Phi) is 7.94. The summed E-state index contributed by atoms with van der Waals surface area (Å²) in [5.41, 5.74) is 2.09. The van der Waals surface area contributed by atoms with Crippen molar-refractivity contribution < 1.29 is 19.1 Å². The number of carbonyl (C=O) groups excluding carboxylic acids is 3. The number of ether oxygens (including phenoxy) is 1. The third-order valence-electron chi connectivity index (χ3n) is 4.34. The zero-order valence-corrected chi connectivity index (χ0v) is 18.9. The van der Waals surface area contributed by atoms with Crippen LogP contribution in [0, 0.1) is 0 Å². The standard InChI is InChI=1S/C25H21BrN2O4/c1-2-32-25(31)18-11-13-21(14-12-18)27-24(30)22(15-17-7-4-3-5-8-17)28-23(29)19-9-6-10-20(26)16-19/h3-16H,2H2,1H3,(H,27,30)(H,28,29). The van der Waals surface area contributed by atoms with Gasteiger partial charge in [-0.05, 0) is 61.0 Å². The molecule has 7 heteroatoms. The molecule has 6 nitrogen and oxygen atoms in total. The minimum Gasteiger partial charge on any atom is -0.462 e. The second-order valence-electron chi connectivity index (χ2n) is 6.69. The van der Waals surface area contributed by atoms with E-state index in [-0.39, 0.29) is 12.3 Å². The fraction of sp³-hybridized carbons (Fsp3) is 0.0800. The zero-order chi connectivity index (χ0) is 22.9. The van der Waals surface area contributed by atoms with E-state index in [0.29, 0.717) is 16.8 Å². The molecule has 0 unspecified atom stereocenters. The van der Waals surface area contributed by atoms with Crippen molar-refractivity contribution in [3.8, 4) is 0 Å². The summed E-state index contributed by atoms with van der Waals surface area (Å²) in [6.45, 7) is 2.01. The molecule has 32 heavy (non-hydrogen) atoms. The smallest absolute Gasteiger partial charge is 0.338 e. The highest BCUT2D eigenvalue weighted by atomic mass is 79.9. The fourth-order valence-electron chi connectivity index (χ4n) is 2.80. The van der Waals surface area contributed by atoms with Crippen LogP contribution in [-0.4, -0.2) is 24.4 Å². The predicted octanol–water partition coefficient (Wildman–Crippen LogP) is 5.04. The third-order valence-corrected chi connectivity index (χ3v) is 4.84. The maximum absolute atomic E-state index is 13.0. The SMILES string of the molecule is CCOC(=O)c1ccc(NC(=O)C(=Cc2ccccc2)NC(=O)c2cccc(Br)c2)cc1. The van der Waals surface area contributed by atoms with Gasteiger partial charge in [-0.3, -0.25) is 9.59 Å². The van der Waals surface area contributed by atoms with Crippen LogP contribution in [0.15, 0.2) is 89.0 Å². The number of rotatable bonds is 7. The van der Waals surface area contributed by atoms with E-state index in [2.05, 4.69) is 26.6 Å². The van der Waals surface area contributed by atoms with Crippen LogP contribution in [0.1, 0.15) is 33.2 Å². The lowest BCUT2D eigenvalue weighted by Crippen LogP contribution is -2.30. The molecule has 3 rings (SSSR count).